The van der Waals surface area contributed by atoms with Gasteiger partial charge in [0.15, 0.2) is 0 Å². The first-order valence-corrected chi connectivity index (χ1v) is 4.35. The topological polar surface area (TPSA) is 20.2 Å². The zero-order valence-electron chi connectivity index (χ0n) is 8.26. The summed E-state index contributed by atoms with van der Waals surface area (Å²) in [4.78, 5) is 0. The molecule has 0 amide bonds. The summed E-state index contributed by atoms with van der Waals surface area (Å²) in [5, 5.41) is 8.90. The van der Waals surface area contributed by atoms with E-state index in [1.165, 1.54) is 6.07 Å². The molecule has 1 rings (SSSR count). The lowest BCUT2D eigenvalue weighted by Crippen LogP contribution is -2.14. The minimum absolute atomic E-state index is 0.0383. The van der Waals surface area contributed by atoms with Crippen molar-refractivity contribution in [1.82, 2.24) is 0 Å². The molecule has 0 aliphatic carbocycles. The zero-order valence-corrected chi connectivity index (χ0v) is 8.26. The smallest absolute Gasteiger partial charge is 0.126 e. The first-order chi connectivity index (χ1) is 5.95. The van der Waals surface area contributed by atoms with Crippen LogP contribution in [0.25, 0.3) is 0 Å². The van der Waals surface area contributed by atoms with Gasteiger partial charge in [0.1, 0.15) is 5.82 Å². The van der Waals surface area contributed by atoms with E-state index in [0.29, 0.717) is 5.56 Å². The molecule has 0 aliphatic rings. The largest absolute Gasteiger partial charge is 0.392 e. The molecule has 0 unspecified atom stereocenters. The number of hydrogen-bond donors (Lipinski definition) is 1. The van der Waals surface area contributed by atoms with Crippen LogP contribution in [0.4, 0.5) is 4.39 Å². The van der Waals surface area contributed by atoms with E-state index < -0.39 is 0 Å². The van der Waals surface area contributed by atoms with Gasteiger partial charge in [-0.3, -0.25) is 0 Å². The monoisotopic (exact) mass is 182 g/mol. The molecule has 0 aliphatic heterocycles. The number of aliphatic hydroxyl groups is 1. The van der Waals surface area contributed by atoms with Gasteiger partial charge in [0, 0.05) is 0 Å². The van der Waals surface area contributed by atoms with Crippen molar-refractivity contribution in [2.24, 2.45) is 0 Å². The second-order valence-corrected chi connectivity index (χ2v) is 4.22. The van der Waals surface area contributed by atoms with Crippen molar-refractivity contribution < 1.29 is 9.50 Å². The number of halogens is 1. The molecule has 13 heavy (non-hydrogen) atoms. The fourth-order valence-corrected chi connectivity index (χ4v) is 1.25. The van der Waals surface area contributed by atoms with Crippen LogP contribution in [-0.4, -0.2) is 5.11 Å². The van der Waals surface area contributed by atoms with Crippen LogP contribution in [0.3, 0.4) is 0 Å². The Balaban J connectivity index is 3.19. The lowest BCUT2D eigenvalue weighted by atomic mass is 9.86. The van der Waals surface area contributed by atoms with Crippen LogP contribution in [0.1, 0.15) is 31.9 Å². The van der Waals surface area contributed by atoms with Gasteiger partial charge in [-0.25, -0.2) is 4.39 Å². The highest BCUT2D eigenvalue weighted by molar-refractivity contribution is 5.29. The summed E-state index contributed by atoms with van der Waals surface area (Å²) in [6.45, 7) is 5.81. The van der Waals surface area contributed by atoms with Crippen molar-refractivity contribution in [3.8, 4) is 0 Å². The Hall–Kier alpha value is -0.890. The van der Waals surface area contributed by atoms with Crippen molar-refractivity contribution >= 4 is 0 Å². The van der Waals surface area contributed by atoms with Crippen LogP contribution in [0.15, 0.2) is 18.2 Å². The number of hydrogen-bond acceptors (Lipinski definition) is 1. The molecule has 0 fully saturated rings. The fraction of sp³-hybridized carbons (Fsp3) is 0.455. The van der Waals surface area contributed by atoms with Crippen molar-refractivity contribution in [2.45, 2.75) is 32.8 Å². The molecule has 0 saturated heterocycles. The Morgan fingerprint density at radius 3 is 2.38 bits per heavy atom. The molecule has 0 saturated carbocycles. The number of aliphatic hydroxyl groups excluding tert-OH is 1. The molecular weight excluding hydrogens is 167 g/mol. The average Bonchev–Trinajstić information content (AvgIpc) is 2.03. The summed E-state index contributed by atoms with van der Waals surface area (Å²) in [6.07, 6.45) is 0. The summed E-state index contributed by atoms with van der Waals surface area (Å²) >= 11 is 0. The summed E-state index contributed by atoms with van der Waals surface area (Å²) in [6, 6.07) is 4.73. The molecule has 1 aromatic carbocycles. The summed E-state index contributed by atoms with van der Waals surface area (Å²) in [5.74, 6) is -0.204. The predicted octanol–water partition coefficient (Wildman–Crippen LogP) is 2.62. The van der Waals surface area contributed by atoms with Gasteiger partial charge < -0.3 is 5.11 Å². The normalized spacial score (nSPS) is 11.8. The molecule has 72 valence electrons. The summed E-state index contributed by atoms with van der Waals surface area (Å²) < 4.78 is 13.3. The molecule has 1 nitrogen and oxygen atoms in total. The zero-order chi connectivity index (χ0) is 10.1. The van der Waals surface area contributed by atoms with Crippen LogP contribution >= 0.6 is 0 Å². The molecule has 1 N–H and O–H groups in total. The van der Waals surface area contributed by atoms with Gasteiger partial charge in [0.2, 0.25) is 0 Å². The van der Waals surface area contributed by atoms with Crippen molar-refractivity contribution in [2.75, 3.05) is 0 Å². The summed E-state index contributed by atoms with van der Waals surface area (Å²) in [5.41, 5.74) is 1.19. The van der Waals surface area contributed by atoms with E-state index in [9.17, 15) is 4.39 Å². The van der Waals surface area contributed by atoms with Crippen molar-refractivity contribution in [3.63, 3.8) is 0 Å². The first-order valence-electron chi connectivity index (χ1n) is 4.35. The van der Waals surface area contributed by atoms with Gasteiger partial charge in [-0.2, -0.15) is 0 Å². The fourth-order valence-electron chi connectivity index (χ4n) is 1.25. The number of rotatable bonds is 1. The lowest BCUT2D eigenvalue weighted by molar-refractivity contribution is 0.281. The minimum Gasteiger partial charge on any atom is -0.392 e. The van der Waals surface area contributed by atoms with Gasteiger partial charge in [0.25, 0.3) is 0 Å². The van der Waals surface area contributed by atoms with Gasteiger partial charge in [-0.15, -0.1) is 0 Å². The van der Waals surface area contributed by atoms with Gasteiger partial charge in [-0.05, 0) is 22.6 Å². The average molecular weight is 182 g/mol. The molecule has 0 spiro atoms. The highest BCUT2D eigenvalue weighted by Gasteiger charge is 2.18. The maximum atomic E-state index is 13.3. The molecule has 2 heteroatoms. The van der Waals surface area contributed by atoms with Crippen LogP contribution < -0.4 is 0 Å². The molecule has 0 aromatic heterocycles. The van der Waals surface area contributed by atoms with E-state index in [-0.39, 0.29) is 17.8 Å². The molecule has 1 aromatic rings. The van der Waals surface area contributed by atoms with E-state index >= 15 is 0 Å². The standard InChI is InChI=1S/C11H15FO/c1-11(2,3)9-6-8(7-13)4-5-10(9)12/h4-6,13H,7H2,1-3H3. The predicted molar refractivity (Wildman–Crippen MR) is 51.0 cm³/mol. The molecular formula is C11H15FO. The van der Waals surface area contributed by atoms with Crippen molar-refractivity contribution in [1.29, 1.82) is 0 Å². The molecule has 0 bridgehead atoms. The molecule has 0 atom stereocenters. The van der Waals surface area contributed by atoms with E-state index in [1.54, 1.807) is 12.1 Å². The van der Waals surface area contributed by atoms with Gasteiger partial charge in [-0.1, -0.05) is 32.9 Å². The Kier molecular flexibility index (Phi) is 2.71. The van der Waals surface area contributed by atoms with Crippen LogP contribution in [0.5, 0.6) is 0 Å². The van der Waals surface area contributed by atoms with E-state index in [1.807, 2.05) is 20.8 Å². The minimum atomic E-state index is -0.213. The maximum Gasteiger partial charge on any atom is 0.126 e. The van der Waals surface area contributed by atoms with E-state index in [0.717, 1.165) is 5.56 Å². The second-order valence-electron chi connectivity index (χ2n) is 4.22. The Labute approximate surface area is 78.2 Å². The van der Waals surface area contributed by atoms with Gasteiger partial charge >= 0.3 is 0 Å². The van der Waals surface area contributed by atoms with Crippen molar-refractivity contribution in [3.05, 3.63) is 35.1 Å². The maximum absolute atomic E-state index is 13.3. The number of benzene rings is 1. The third kappa shape index (κ3) is 2.28. The second kappa shape index (κ2) is 3.46. The van der Waals surface area contributed by atoms with Crippen LogP contribution in [0, 0.1) is 5.82 Å². The molecule has 0 radical (unpaired) electrons. The lowest BCUT2D eigenvalue weighted by Gasteiger charge is -2.20. The Bertz CT molecular complexity index is 299. The Morgan fingerprint density at radius 2 is 1.92 bits per heavy atom. The van der Waals surface area contributed by atoms with Crippen LogP contribution in [-0.2, 0) is 12.0 Å². The third-order valence-corrected chi connectivity index (χ3v) is 2.02. The highest BCUT2D eigenvalue weighted by atomic mass is 19.1. The van der Waals surface area contributed by atoms with Gasteiger partial charge in [0.05, 0.1) is 6.61 Å². The SMILES string of the molecule is CC(C)(C)c1cc(CO)ccc1F. The van der Waals surface area contributed by atoms with E-state index in [4.69, 9.17) is 5.11 Å². The quantitative estimate of drug-likeness (QED) is 0.707. The first kappa shape index (κ1) is 10.2. The van der Waals surface area contributed by atoms with E-state index in [2.05, 4.69) is 0 Å². The third-order valence-electron chi connectivity index (χ3n) is 2.02. The highest BCUT2D eigenvalue weighted by Crippen LogP contribution is 2.25. The molecule has 0 heterocycles. The summed E-state index contributed by atoms with van der Waals surface area (Å²) in [7, 11) is 0. The van der Waals surface area contributed by atoms with Crippen LogP contribution in [0.2, 0.25) is 0 Å². The Morgan fingerprint density at radius 1 is 1.31 bits per heavy atom.